The van der Waals surface area contributed by atoms with Crippen molar-refractivity contribution in [2.45, 2.75) is 51.4 Å². The van der Waals surface area contributed by atoms with Crippen LogP contribution in [-0.4, -0.2) is 13.1 Å². The first kappa shape index (κ1) is 9.21. The highest BCUT2D eigenvalue weighted by Crippen LogP contribution is 2.54. The van der Waals surface area contributed by atoms with Crippen molar-refractivity contribution in [1.82, 2.24) is 5.32 Å². The van der Waals surface area contributed by atoms with E-state index in [4.69, 9.17) is 0 Å². The van der Waals surface area contributed by atoms with Gasteiger partial charge in [-0.05, 0) is 43.1 Å². The molecule has 0 aromatic carbocycles. The maximum absolute atomic E-state index is 3.61. The smallest absolute Gasteiger partial charge is 0.00112 e. The third kappa shape index (κ3) is 1.41. The number of hydrogen-bond donors (Lipinski definition) is 1. The van der Waals surface area contributed by atoms with Crippen molar-refractivity contribution >= 4 is 0 Å². The fourth-order valence-corrected chi connectivity index (χ4v) is 4.11. The van der Waals surface area contributed by atoms with Gasteiger partial charge in [0.1, 0.15) is 0 Å². The minimum absolute atomic E-state index is 0.780. The predicted molar refractivity (Wildman–Crippen MR) is 59.2 cm³/mol. The van der Waals surface area contributed by atoms with E-state index in [1.165, 1.54) is 58.0 Å². The minimum atomic E-state index is 0.780. The first-order valence-corrected chi connectivity index (χ1v) is 6.60. The van der Waals surface area contributed by atoms with Gasteiger partial charge in [0.05, 0.1) is 0 Å². The van der Waals surface area contributed by atoms with Gasteiger partial charge in [0, 0.05) is 6.54 Å². The van der Waals surface area contributed by atoms with Crippen molar-refractivity contribution in [3.05, 3.63) is 0 Å². The average molecular weight is 193 g/mol. The fourth-order valence-electron chi connectivity index (χ4n) is 4.11. The molecule has 1 nitrogen and oxygen atoms in total. The van der Waals surface area contributed by atoms with Gasteiger partial charge >= 0.3 is 0 Å². The van der Waals surface area contributed by atoms with Crippen molar-refractivity contribution in [2.75, 3.05) is 13.1 Å². The van der Waals surface area contributed by atoms with Gasteiger partial charge in [-0.15, -0.1) is 0 Å². The van der Waals surface area contributed by atoms with E-state index in [1.807, 2.05) is 0 Å². The Kier molecular flexibility index (Phi) is 2.31. The normalized spacial score (nSPS) is 43.3. The van der Waals surface area contributed by atoms with Gasteiger partial charge in [-0.3, -0.25) is 0 Å². The summed E-state index contributed by atoms with van der Waals surface area (Å²) < 4.78 is 0. The summed E-state index contributed by atoms with van der Waals surface area (Å²) in [7, 11) is 0. The monoisotopic (exact) mass is 193 g/mol. The van der Waals surface area contributed by atoms with Crippen LogP contribution in [0.2, 0.25) is 0 Å². The molecule has 1 heterocycles. The Morgan fingerprint density at radius 2 is 1.93 bits per heavy atom. The molecular weight excluding hydrogens is 170 g/mol. The molecule has 2 atom stereocenters. The van der Waals surface area contributed by atoms with Gasteiger partial charge in [0.15, 0.2) is 0 Å². The number of hydrogen-bond acceptors (Lipinski definition) is 1. The molecule has 2 aliphatic carbocycles. The van der Waals surface area contributed by atoms with Crippen LogP contribution in [0.3, 0.4) is 0 Å². The molecule has 3 rings (SSSR count). The van der Waals surface area contributed by atoms with Gasteiger partial charge in [-0.2, -0.15) is 0 Å². The molecule has 0 bridgehead atoms. The van der Waals surface area contributed by atoms with Gasteiger partial charge in [0.2, 0.25) is 0 Å². The van der Waals surface area contributed by atoms with Crippen molar-refractivity contribution in [3.63, 3.8) is 0 Å². The summed E-state index contributed by atoms with van der Waals surface area (Å²) in [5, 5.41) is 3.61. The second kappa shape index (κ2) is 3.52. The first-order chi connectivity index (χ1) is 6.89. The molecule has 1 heteroatoms. The van der Waals surface area contributed by atoms with Crippen molar-refractivity contribution in [3.8, 4) is 0 Å². The third-order valence-corrected chi connectivity index (χ3v) is 5.14. The van der Waals surface area contributed by atoms with E-state index in [2.05, 4.69) is 5.32 Å². The van der Waals surface area contributed by atoms with E-state index in [1.54, 1.807) is 6.42 Å². The van der Waals surface area contributed by atoms with E-state index in [0.29, 0.717) is 0 Å². The second-order valence-corrected chi connectivity index (χ2v) is 5.94. The lowest BCUT2D eigenvalue weighted by molar-refractivity contribution is 0.0458. The Morgan fingerprint density at radius 1 is 1.07 bits per heavy atom. The van der Waals surface area contributed by atoms with Crippen LogP contribution >= 0.6 is 0 Å². The Labute approximate surface area is 87.7 Å². The molecule has 0 aromatic heterocycles. The largest absolute Gasteiger partial charge is 0.316 e. The molecule has 0 aromatic rings. The lowest BCUT2D eigenvalue weighted by atomic mass is 9.57. The summed E-state index contributed by atoms with van der Waals surface area (Å²) in [4.78, 5) is 0. The zero-order valence-corrected chi connectivity index (χ0v) is 9.23. The van der Waals surface area contributed by atoms with Crippen LogP contribution < -0.4 is 5.32 Å². The maximum atomic E-state index is 3.61. The second-order valence-electron chi connectivity index (χ2n) is 5.94. The minimum Gasteiger partial charge on any atom is -0.316 e. The molecule has 80 valence electrons. The maximum Gasteiger partial charge on any atom is 0.00112 e. The lowest BCUT2D eigenvalue weighted by Gasteiger charge is -2.47. The summed E-state index contributed by atoms with van der Waals surface area (Å²) >= 11 is 0. The molecule has 1 aliphatic heterocycles. The zero-order valence-electron chi connectivity index (χ0n) is 9.23. The molecule has 2 saturated carbocycles. The third-order valence-electron chi connectivity index (χ3n) is 5.14. The molecule has 14 heavy (non-hydrogen) atoms. The van der Waals surface area contributed by atoms with Gasteiger partial charge in [0.25, 0.3) is 0 Å². The van der Waals surface area contributed by atoms with E-state index in [0.717, 1.165) is 17.3 Å². The Balaban J connectivity index is 1.60. The van der Waals surface area contributed by atoms with Crippen molar-refractivity contribution in [2.24, 2.45) is 17.3 Å². The van der Waals surface area contributed by atoms with Crippen LogP contribution in [0.4, 0.5) is 0 Å². The van der Waals surface area contributed by atoms with E-state index in [9.17, 15) is 0 Å². The van der Waals surface area contributed by atoms with E-state index >= 15 is 0 Å². The summed E-state index contributed by atoms with van der Waals surface area (Å²) in [6, 6.07) is 0. The molecular formula is C13H23N. The number of fused-ring (bicyclic) bond motifs is 1. The molecule has 3 fully saturated rings. The lowest BCUT2D eigenvalue weighted by Crippen LogP contribution is -2.41. The molecule has 0 amide bonds. The van der Waals surface area contributed by atoms with E-state index in [-0.39, 0.29) is 0 Å². The molecule has 1 saturated heterocycles. The number of rotatable bonds is 2. The molecule has 0 radical (unpaired) electrons. The Hall–Kier alpha value is -0.0400. The summed E-state index contributed by atoms with van der Waals surface area (Å²) in [5.41, 5.74) is 0.780. The molecule has 2 unspecified atom stereocenters. The highest BCUT2D eigenvalue weighted by atomic mass is 15.0. The highest BCUT2D eigenvalue weighted by molar-refractivity contribution is 5.03. The SMILES string of the molecule is C1CCC(CC23CCC2CNC3)CC1. The van der Waals surface area contributed by atoms with Crippen LogP contribution in [-0.2, 0) is 0 Å². The predicted octanol–water partition coefficient (Wildman–Crippen LogP) is 2.96. The van der Waals surface area contributed by atoms with E-state index < -0.39 is 0 Å². The first-order valence-electron chi connectivity index (χ1n) is 6.60. The summed E-state index contributed by atoms with van der Waals surface area (Å²) in [6.45, 7) is 2.67. The van der Waals surface area contributed by atoms with Gasteiger partial charge in [-0.25, -0.2) is 0 Å². The van der Waals surface area contributed by atoms with Crippen LogP contribution in [0.1, 0.15) is 51.4 Å². The summed E-state index contributed by atoms with van der Waals surface area (Å²) in [6.07, 6.45) is 12.2. The molecule has 3 aliphatic rings. The Morgan fingerprint density at radius 3 is 2.57 bits per heavy atom. The van der Waals surface area contributed by atoms with Crippen LogP contribution in [0.25, 0.3) is 0 Å². The number of nitrogens with one attached hydrogen (secondary N) is 1. The Bertz CT molecular complexity index is 207. The van der Waals surface area contributed by atoms with Crippen LogP contribution in [0.5, 0.6) is 0 Å². The zero-order chi connectivity index (χ0) is 9.43. The topological polar surface area (TPSA) is 12.0 Å². The molecule has 1 N–H and O–H groups in total. The standard InChI is InChI=1S/C13H23N/c1-2-4-11(5-3-1)8-13-7-6-12(13)9-14-10-13/h11-12,14H,1-10H2. The van der Waals surface area contributed by atoms with Gasteiger partial charge in [-0.1, -0.05) is 32.1 Å². The fraction of sp³-hybridized carbons (Fsp3) is 1.00. The van der Waals surface area contributed by atoms with Crippen molar-refractivity contribution in [1.29, 1.82) is 0 Å². The highest BCUT2D eigenvalue weighted by Gasteiger charge is 2.50. The van der Waals surface area contributed by atoms with Gasteiger partial charge < -0.3 is 5.32 Å². The quantitative estimate of drug-likeness (QED) is 0.711. The van der Waals surface area contributed by atoms with Crippen LogP contribution in [0.15, 0.2) is 0 Å². The average Bonchev–Trinajstić information content (AvgIpc) is 2.47. The molecule has 0 spiro atoms. The van der Waals surface area contributed by atoms with Crippen LogP contribution in [0, 0.1) is 17.3 Å². The summed E-state index contributed by atoms with van der Waals surface area (Å²) in [5.74, 6) is 2.15. The van der Waals surface area contributed by atoms with Crippen molar-refractivity contribution < 1.29 is 0 Å².